The normalized spacial score (nSPS) is 10.9. The third-order valence-corrected chi connectivity index (χ3v) is 4.55. The summed E-state index contributed by atoms with van der Waals surface area (Å²) in [6.07, 6.45) is 3.59. The summed E-state index contributed by atoms with van der Waals surface area (Å²) in [6.45, 7) is 0.162. The topological polar surface area (TPSA) is 29.5 Å². The fourth-order valence-electron chi connectivity index (χ4n) is 2.83. The second-order valence-electron chi connectivity index (χ2n) is 6.17. The predicted octanol–water partition coefficient (Wildman–Crippen LogP) is 5.99. The van der Waals surface area contributed by atoms with E-state index in [2.05, 4.69) is 0 Å². The highest BCUT2D eigenvalue weighted by molar-refractivity contribution is 6.31. The molecule has 0 bridgehead atoms. The average molecular weight is 414 g/mol. The van der Waals surface area contributed by atoms with Gasteiger partial charge in [0.1, 0.15) is 17.4 Å². The predicted molar refractivity (Wildman–Crippen MR) is 112 cm³/mol. The molecule has 0 N–H and O–H groups in total. The number of amides is 1. The molecule has 0 spiro atoms. The van der Waals surface area contributed by atoms with E-state index in [-0.39, 0.29) is 17.1 Å². The van der Waals surface area contributed by atoms with Crippen LogP contribution in [0.1, 0.15) is 15.9 Å². The number of para-hydroxylation sites is 1. The smallest absolute Gasteiger partial charge is 0.258 e. The van der Waals surface area contributed by atoms with Gasteiger partial charge in [-0.15, -0.1) is 0 Å². The van der Waals surface area contributed by atoms with Crippen LogP contribution in [0, 0.1) is 11.6 Å². The number of anilines is 1. The van der Waals surface area contributed by atoms with E-state index in [9.17, 15) is 13.6 Å². The van der Waals surface area contributed by atoms with Crippen LogP contribution in [0.15, 0.2) is 72.8 Å². The number of halogens is 3. The van der Waals surface area contributed by atoms with Crippen molar-refractivity contribution in [2.45, 2.75) is 0 Å². The molecule has 0 aliphatic heterocycles. The van der Waals surface area contributed by atoms with Crippen molar-refractivity contribution in [3.05, 3.63) is 101 Å². The van der Waals surface area contributed by atoms with Gasteiger partial charge in [0.15, 0.2) is 0 Å². The molecule has 6 heteroatoms. The van der Waals surface area contributed by atoms with E-state index in [0.29, 0.717) is 11.4 Å². The Labute approximate surface area is 172 Å². The van der Waals surface area contributed by atoms with E-state index in [4.69, 9.17) is 16.3 Å². The van der Waals surface area contributed by atoms with E-state index < -0.39 is 17.5 Å². The van der Waals surface area contributed by atoms with Gasteiger partial charge in [0.05, 0.1) is 12.1 Å². The lowest BCUT2D eigenvalue weighted by Gasteiger charge is -2.22. The minimum atomic E-state index is -0.585. The van der Waals surface area contributed by atoms with Crippen molar-refractivity contribution < 1.29 is 18.3 Å². The van der Waals surface area contributed by atoms with Crippen LogP contribution in [0.4, 0.5) is 14.5 Å². The molecule has 29 heavy (non-hydrogen) atoms. The van der Waals surface area contributed by atoms with Crippen LogP contribution < -0.4 is 9.64 Å². The molecular weight excluding hydrogens is 396 g/mol. The van der Waals surface area contributed by atoms with Crippen molar-refractivity contribution in [3.8, 4) is 5.75 Å². The van der Waals surface area contributed by atoms with Crippen molar-refractivity contribution in [2.24, 2.45) is 0 Å². The van der Waals surface area contributed by atoms with Gasteiger partial charge in [-0.2, -0.15) is 0 Å². The lowest BCUT2D eigenvalue weighted by atomic mass is 10.1. The van der Waals surface area contributed by atoms with E-state index in [1.54, 1.807) is 13.2 Å². The SMILES string of the molecule is COc1ccccc1/C=C/CN(C(=O)c1cccc(F)c1)c1ccc(F)c(Cl)c1. The Morgan fingerprint density at radius 1 is 1.07 bits per heavy atom. The van der Waals surface area contributed by atoms with Crippen LogP contribution in [0.3, 0.4) is 0 Å². The second-order valence-corrected chi connectivity index (χ2v) is 6.58. The Kier molecular flexibility index (Phi) is 6.62. The molecule has 0 fully saturated rings. The molecular formula is C23H18ClF2NO2. The zero-order valence-electron chi connectivity index (χ0n) is 15.6. The summed E-state index contributed by atoms with van der Waals surface area (Å²) in [5.41, 5.74) is 1.41. The third-order valence-electron chi connectivity index (χ3n) is 4.26. The van der Waals surface area contributed by atoms with Crippen LogP contribution >= 0.6 is 11.6 Å². The maximum atomic E-state index is 13.6. The van der Waals surface area contributed by atoms with Gasteiger partial charge in [0.25, 0.3) is 5.91 Å². The number of rotatable bonds is 6. The Hall–Kier alpha value is -3.18. The highest BCUT2D eigenvalue weighted by Gasteiger charge is 2.18. The quantitative estimate of drug-likeness (QED) is 0.497. The van der Waals surface area contributed by atoms with Crippen molar-refractivity contribution >= 4 is 29.3 Å². The van der Waals surface area contributed by atoms with Gasteiger partial charge in [-0.05, 0) is 42.5 Å². The molecule has 0 heterocycles. The fraction of sp³-hybridized carbons (Fsp3) is 0.0870. The summed E-state index contributed by atoms with van der Waals surface area (Å²) in [5.74, 6) is -0.843. The van der Waals surface area contributed by atoms with Crippen LogP contribution in [0.5, 0.6) is 5.75 Å². The molecule has 0 aliphatic carbocycles. The highest BCUT2D eigenvalue weighted by Crippen LogP contribution is 2.25. The molecule has 3 nitrogen and oxygen atoms in total. The van der Waals surface area contributed by atoms with Crippen LogP contribution in [0.2, 0.25) is 5.02 Å². The average Bonchev–Trinajstić information content (AvgIpc) is 2.73. The van der Waals surface area contributed by atoms with Crippen LogP contribution in [0.25, 0.3) is 6.08 Å². The summed E-state index contributed by atoms with van der Waals surface area (Å²) < 4.78 is 32.5. The molecule has 0 atom stereocenters. The Morgan fingerprint density at radius 3 is 2.59 bits per heavy atom. The van der Waals surface area contributed by atoms with Gasteiger partial charge >= 0.3 is 0 Å². The first-order chi connectivity index (χ1) is 14.0. The Balaban J connectivity index is 1.93. The number of ether oxygens (including phenoxy) is 1. The second kappa shape index (κ2) is 9.34. The highest BCUT2D eigenvalue weighted by atomic mass is 35.5. The number of hydrogen-bond acceptors (Lipinski definition) is 2. The van der Waals surface area contributed by atoms with Gasteiger partial charge in [0.2, 0.25) is 0 Å². The molecule has 0 aliphatic rings. The lowest BCUT2D eigenvalue weighted by Crippen LogP contribution is -2.31. The van der Waals surface area contributed by atoms with Crippen molar-refractivity contribution in [1.82, 2.24) is 0 Å². The summed E-state index contributed by atoms with van der Waals surface area (Å²) in [4.78, 5) is 14.4. The Morgan fingerprint density at radius 2 is 1.86 bits per heavy atom. The molecule has 3 aromatic rings. The van der Waals surface area contributed by atoms with Gasteiger partial charge in [-0.3, -0.25) is 4.79 Å². The summed E-state index contributed by atoms with van der Waals surface area (Å²) in [5, 5.41) is -0.103. The van der Waals surface area contributed by atoms with Crippen molar-refractivity contribution in [3.63, 3.8) is 0 Å². The number of nitrogens with zero attached hydrogens (tertiary/aromatic N) is 1. The third kappa shape index (κ3) is 5.00. The molecule has 148 valence electrons. The summed E-state index contributed by atoms with van der Waals surface area (Å²) in [6, 6.07) is 16.8. The van der Waals surface area contributed by atoms with Gasteiger partial charge < -0.3 is 9.64 Å². The first-order valence-corrected chi connectivity index (χ1v) is 9.19. The van der Waals surface area contributed by atoms with Gasteiger partial charge in [-0.25, -0.2) is 8.78 Å². The van der Waals surface area contributed by atoms with E-state index in [1.165, 1.54) is 41.3 Å². The summed E-state index contributed by atoms with van der Waals surface area (Å²) in [7, 11) is 1.58. The standard InChI is InChI=1S/C23H18ClF2NO2/c1-29-22-10-3-2-6-16(22)8-5-13-27(19-11-12-21(26)20(24)15-19)23(28)17-7-4-9-18(25)14-17/h2-12,14-15H,13H2,1H3/b8-5+. The van der Waals surface area contributed by atoms with Crippen molar-refractivity contribution in [1.29, 1.82) is 0 Å². The minimum Gasteiger partial charge on any atom is -0.496 e. The molecule has 0 radical (unpaired) electrons. The number of methoxy groups -OCH3 is 1. The first-order valence-electron chi connectivity index (χ1n) is 8.81. The molecule has 3 aromatic carbocycles. The van der Waals surface area contributed by atoms with Crippen molar-refractivity contribution in [2.75, 3.05) is 18.6 Å². The molecule has 3 rings (SSSR count). The summed E-state index contributed by atoms with van der Waals surface area (Å²) >= 11 is 5.90. The number of carbonyl (C=O) groups is 1. The van der Waals surface area contributed by atoms with Gasteiger partial charge in [-0.1, -0.05) is 48.0 Å². The molecule has 0 unspecified atom stereocenters. The lowest BCUT2D eigenvalue weighted by molar-refractivity contribution is 0.0989. The zero-order chi connectivity index (χ0) is 20.8. The number of hydrogen-bond donors (Lipinski definition) is 0. The largest absolute Gasteiger partial charge is 0.496 e. The zero-order valence-corrected chi connectivity index (χ0v) is 16.4. The Bertz CT molecular complexity index is 1050. The fourth-order valence-corrected chi connectivity index (χ4v) is 3.00. The van der Waals surface area contributed by atoms with Crippen LogP contribution in [-0.2, 0) is 0 Å². The van der Waals surface area contributed by atoms with E-state index in [0.717, 1.165) is 11.6 Å². The molecule has 0 saturated heterocycles. The molecule has 0 saturated carbocycles. The number of carbonyl (C=O) groups excluding carboxylic acids is 1. The van der Waals surface area contributed by atoms with E-state index in [1.807, 2.05) is 30.3 Å². The van der Waals surface area contributed by atoms with Crippen LogP contribution in [-0.4, -0.2) is 19.6 Å². The van der Waals surface area contributed by atoms with Gasteiger partial charge in [0, 0.05) is 23.4 Å². The maximum Gasteiger partial charge on any atom is 0.258 e. The van der Waals surface area contributed by atoms with E-state index >= 15 is 0 Å². The molecule has 0 aromatic heterocycles. The number of benzene rings is 3. The minimum absolute atomic E-state index is 0.103. The molecule has 1 amide bonds. The first kappa shape index (κ1) is 20.6. The maximum absolute atomic E-state index is 13.6. The monoisotopic (exact) mass is 413 g/mol.